The van der Waals surface area contributed by atoms with Crippen LogP contribution in [-0.2, 0) is 22.4 Å². The number of hydrogen-bond acceptors (Lipinski definition) is 6. The summed E-state index contributed by atoms with van der Waals surface area (Å²) in [6.07, 6.45) is 2.76. The lowest BCUT2D eigenvalue weighted by atomic mass is 10.1. The maximum atomic E-state index is 12.3. The van der Waals surface area contributed by atoms with Gasteiger partial charge < -0.3 is 14.8 Å². The quantitative estimate of drug-likeness (QED) is 0.788. The minimum absolute atomic E-state index is 0.209. The second-order valence-corrected chi connectivity index (χ2v) is 6.86. The third-order valence-electron chi connectivity index (χ3n) is 3.99. The van der Waals surface area contributed by atoms with E-state index in [2.05, 4.69) is 5.32 Å². The molecule has 1 heterocycles. The van der Waals surface area contributed by atoms with Gasteiger partial charge in [-0.2, -0.15) is 5.26 Å². The first-order valence-electron chi connectivity index (χ1n) is 8.36. The van der Waals surface area contributed by atoms with Crippen LogP contribution < -0.4 is 10.1 Å². The molecule has 1 aromatic carbocycles. The van der Waals surface area contributed by atoms with Crippen molar-refractivity contribution in [2.75, 3.05) is 18.5 Å². The molecule has 0 saturated heterocycles. The van der Waals surface area contributed by atoms with Crippen molar-refractivity contribution in [3.8, 4) is 11.8 Å². The zero-order chi connectivity index (χ0) is 18.5. The molecule has 0 atom stereocenters. The van der Waals surface area contributed by atoms with Crippen LogP contribution in [0.5, 0.6) is 5.75 Å². The number of ether oxygens (including phenoxy) is 2. The minimum Gasteiger partial charge on any atom is -0.484 e. The molecule has 0 bridgehead atoms. The van der Waals surface area contributed by atoms with E-state index in [0.717, 1.165) is 29.7 Å². The molecular formula is C19H18N2O4S. The highest BCUT2D eigenvalue weighted by molar-refractivity contribution is 7.17. The van der Waals surface area contributed by atoms with Gasteiger partial charge in [0.15, 0.2) is 6.61 Å². The fourth-order valence-corrected chi connectivity index (χ4v) is 4.17. The predicted octanol–water partition coefficient (Wildman–Crippen LogP) is 3.30. The van der Waals surface area contributed by atoms with Gasteiger partial charge in [0, 0.05) is 4.88 Å². The number of amides is 1. The first-order chi connectivity index (χ1) is 12.6. The van der Waals surface area contributed by atoms with E-state index in [0.29, 0.717) is 21.9 Å². The average Bonchev–Trinajstić information content (AvgIpc) is 3.21. The number of aryl methyl sites for hydroxylation is 1. The molecule has 6 nitrogen and oxygen atoms in total. The fourth-order valence-electron chi connectivity index (χ4n) is 2.88. The van der Waals surface area contributed by atoms with Crippen molar-refractivity contribution >= 4 is 28.2 Å². The summed E-state index contributed by atoms with van der Waals surface area (Å²) in [5, 5.41) is 12.2. The Morgan fingerprint density at radius 1 is 1.35 bits per heavy atom. The van der Waals surface area contributed by atoms with Crippen molar-refractivity contribution in [3.63, 3.8) is 0 Å². The van der Waals surface area contributed by atoms with Gasteiger partial charge in [-0.1, -0.05) is 6.07 Å². The Labute approximate surface area is 155 Å². The number of hydrogen-bond donors (Lipinski definition) is 1. The molecule has 0 aliphatic heterocycles. The lowest BCUT2D eigenvalue weighted by Gasteiger charge is -2.09. The molecule has 0 radical (unpaired) electrons. The lowest BCUT2D eigenvalue weighted by Crippen LogP contribution is -2.21. The molecule has 1 N–H and O–H groups in total. The van der Waals surface area contributed by atoms with Crippen molar-refractivity contribution in [1.82, 2.24) is 0 Å². The maximum absolute atomic E-state index is 12.3. The van der Waals surface area contributed by atoms with Gasteiger partial charge >= 0.3 is 5.97 Å². The number of fused-ring (bicyclic) bond motifs is 1. The largest absolute Gasteiger partial charge is 0.484 e. The number of carbonyl (C=O) groups excluding carboxylic acids is 2. The minimum atomic E-state index is -0.398. The highest BCUT2D eigenvalue weighted by Gasteiger charge is 2.28. The van der Waals surface area contributed by atoms with Crippen LogP contribution in [0.2, 0.25) is 0 Å². The molecule has 0 unspecified atom stereocenters. The summed E-state index contributed by atoms with van der Waals surface area (Å²) in [6.45, 7) is 1.83. The van der Waals surface area contributed by atoms with Crippen LogP contribution in [0.1, 0.15) is 39.7 Å². The molecule has 7 heteroatoms. The Morgan fingerprint density at radius 3 is 2.96 bits per heavy atom. The Hall–Kier alpha value is -2.85. The van der Waals surface area contributed by atoms with E-state index in [1.807, 2.05) is 6.07 Å². The summed E-state index contributed by atoms with van der Waals surface area (Å²) in [6, 6.07) is 8.61. The van der Waals surface area contributed by atoms with Gasteiger partial charge in [-0.15, -0.1) is 11.3 Å². The molecule has 0 spiro atoms. The number of benzene rings is 1. The van der Waals surface area contributed by atoms with Crippen LogP contribution in [-0.4, -0.2) is 25.1 Å². The number of rotatable bonds is 6. The second kappa shape index (κ2) is 8.02. The summed E-state index contributed by atoms with van der Waals surface area (Å²) >= 11 is 1.43. The van der Waals surface area contributed by atoms with E-state index in [1.165, 1.54) is 11.3 Å². The zero-order valence-corrected chi connectivity index (χ0v) is 15.1. The standard InChI is InChI=1S/C19H18N2O4S/c1-2-24-19(23)17-14-7-4-8-15(14)26-18(17)21-16(22)11-25-13-6-3-5-12(9-13)10-20/h3,5-6,9H,2,4,7-8,11H2,1H3,(H,21,22). The molecule has 134 valence electrons. The van der Waals surface area contributed by atoms with Gasteiger partial charge in [-0.25, -0.2) is 4.79 Å². The number of esters is 1. The van der Waals surface area contributed by atoms with E-state index in [-0.39, 0.29) is 19.1 Å². The summed E-state index contributed by atoms with van der Waals surface area (Å²) in [5.74, 6) is -0.318. The lowest BCUT2D eigenvalue weighted by molar-refractivity contribution is -0.118. The van der Waals surface area contributed by atoms with Crippen molar-refractivity contribution in [2.24, 2.45) is 0 Å². The zero-order valence-electron chi connectivity index (χ0n) is 14.3. The SMILES string of the molecule is CCOC(=O)c1c(NC(=O)COc2cccc(C#N)c2)sc2c1CCC2. The molecular weight excluding hydrogens is 352 g/mol. The van der Waals surface area contributed by atoms with Crippen LogP contribution in [0.4, 0.5) is 5.00 Å². The maximum Gasteiger partial charge on any atom is 0.341 e. The van der Waals surface area contributed by atoms with Crippen LogP contribution in [0.15, 0.2) is 24.3 Å². The number of thiophene rings is 1. The van der Waals surface area contributed by atoms with Crippen molar-refractivity contribution in [3.05, 3.63) is 45.8 Å². The van der Waals surface area contributed by atoms with Crippen LogP contribution in [0, 0.1) is 11.3 Å². The highest BCUT2D eigenvalue weighted by atomic mass is 32.1. The Kier molecular flexibility index (Phi) is 5.54. The van der Waals surface area contributed by atoms with Gasteiger partial charge in [0.2, 0.25) is 0 Å². The van der Waals surface area contributed by atoms with Crippen LogP contribution in [0.3, 0.4) is 0 Å². The highest BCUT2D eigenvalue weighted by Crippen LogP contribution is 2.39. The Morgan fingerprint density at radius 2 is 2.19 bits per heavy atom. The monoisotopic (exact) mass is 370 g/mol. The van der Waals surface area contributed by atoms with Gasteiger partial charge in [0.05, 0.1) is 23.8 Å². The molecule has 1 aromatic heterocycles. The van der Waals surface area contributed by atoms with Crippen LogP contribution >= 0.6 is 11.3 Å². The van der Waals surface area contributed by atoms with E-state index in [9.17, 15) is 9.59 Å². The summed E-state index contributed by atoms with van der Waals surface area (Å²) < 4.78 is 10.6. The van der Waals surface area contributed by atoms with E-state index in [1.54, 1.807) is 31.2 Å². The van der Waals surface area contributed by atoms with Crippen molar-refractivity contribution < 1.29 is 19.1 Å². The third kappa shape index (κ3) is 3.86. The Bertz CT molecular complexity index is 882. The fraction of sp³-hybridized carbons (Fsp3) is 0.316. The topological polar surface area (TPSA) is 88.4 Å². The molecule has 26 heavy (non-hydrogen) atoms. The van der Waals surface area contributed by atoms with Crippen molar-refractivity contribution in [2.45, 2.75) is 26.2 Å². The molecule has 3 rings (SSSR count). The molecule has 1 aliphatic carbocycles. The summed E-state index contributed by atoms with van der Waals surface area (Å²) in [5.41, 5.74) is 1.93. The normalized spacial score (nSPS) is 12.2. The molecule has 2 aromatic rings. The van der Waals surface area contributed by atoms with Gasteiger partial charge in [-0.05, 0) is 49.9 Å². The van der Waals surface area contributed by atoms with E-state index < -0.39 is 5.97 Å². The molecule has 0 fully saturated rings. The van der Waals surface area contributed by atoms with Crippen molar-refractivity contribution in [1.29, 1.82) is 5.26 Å². The second-order valence-electron chi connectivity index (χ2n) is 5.76. The van der Waals surface area contributed by atoms with E-state index in [4.69, 9.17) is 14.7 Å². The molecule has 1 aliphatic rings. The number of nitrogens with one attached hydrogen (secondary N) is 1. The Balaban J connectivity index is 1.69. The van der Waals surface area contributed by atoms with Crippen LogP contribution in [0.25, 0.3) is 0 Å². The van der Waals surface area contributed by atoms with Gasteiger partial charge in [0.25, 0.3) is 5.91 Å². The molecule has 0 saturated carbocycles. The summed E-state index contributed by atoms with van der Waals surface area (Å²) in [7, 11) is 0. The smallest absolute Gasteiger partial charge is 0.341 e. The number of nitrogens with zero attached hydrogens (tertiary/aromatic N) is 1. The average molecular weight is 370 g/mol. The first kappa shape index (κ1) is 18.0. The summed E-state index contributed by atoms with van der Waals surface area (Å²) in [4.78, 5) is 25.7. The number of anilines is 1. The predicted molar refractivity (Wildman–Crippen MR) is 97.6 cm³/mol. The van der Waals surface area contributed by atoms with E-state index >= 15 is 0 Å². The number of nitriles is 1. The van der Waals surface area contributed by atoms with Gasteiger partial charge in [0.1, 0.15) is 10.8 Å². The first-order valence-corrected chi connectivity index (χ1v) is 9.18. The molecule has 1 amide bonds. The van der Waals surface area contributed by atoms with Gasteiger partial charge in [-0.3, -0.25) is 4.79 Å². The number of carbonyl (C=O) groups is 2. The third-order valence-corrected chi connectivity index (χ3v) is 5.19.